The fraction of sp³-hybridized carbons (Fsp3) is 0.0769. The number of carbonyl (C=O) groups is 1. The summed E-state index contributed by atoms with van der Waals surface area (Å²) < 4.78 is 38.1. The number of hydrogen-bond donors (Lipinski definition) is 1. The topological polar surface area (TPSA) is 56.0 Å². The summed E-state index contributed by atoms with van der Waals surface area (Å²) in [6.45, 7) is 0. The number of halogens is 4. The number of amides is 1. The number of nitrogens with zero attached hydrogens (tertiary/aromatic N) is 1. The molecule has 1 aromatic heterocycles. The quantitative estimate of drug-likeness (QED) is 0.863. The average Bonchev–Trinajstić information content (AvgIpc) is 2.37. The number of pyridine rings is 1. The highest BCUT2D eigenvalue weighted by molar-refractivity contribution is 6.33. The van der Waals surface area contributed by atoms with Gasteiger partial charge in [-0.3, -0.25) is 4.79 Å². The van der Waals surface area contributed by atoms with Gasteiger partial charge in [0.15, 0.2) is 0 Å². The molecule has 3 nitrogen and oxygen atoms in total. The van der Waals surface area contributed by atoms with Crippen molar-refractivity contribution in [2.45, 2.75) is 6.18 Å². The molecule has 0 bridgehead atoms. The lowest BCUT2D eigenvalue weighted by Gasteiger charge is -2.11. The van der Waals surface area contributed by atoms with Crippen LogP contribution in [0.5, 0.6) is 0 Å². The van der Waals surface area contributed by atoms with Crippen LogP contribution in [-0.4, -0.2) is 10.9 Å². The lowest BCUT2D eigenvalue weighted by atomic mass is 9.99. The van der Waals surface area contributed by atoms with Crippen LogP contribution in [0.15, 0.2) is 36.5 Å². The molecule has 0 fully saturated rings. The first-order valence-electron chi connectivity index (χ1n) is 5.42. The molecule has 2 aromatic rings. The van der Waals surface area contributed by atoms with Gasteiger partial charge in [0.05, 0.1) is 11.1 Å². The van der Waals surface area contributed by atoms with E-state index in [9.17, 15) is 18.0 Å². The zero-order valence-electron chi connectivity index (χ0n) is 9.91. The number of carbonyl (C=O) groups excluding carboxylic acids is 1. The molecule has 1 heterocycles. The third kappa shape index (κ3) is 2.75. The Kier molecular flexibility index (Phi) is 3.67. The van der Waals surface area contributed by atoms with Crippen LogP contribution in [0.3, 0.4) is 0 Å². The van der Waals surface area contributed by atoms with Gasteiger partial charge in [-0.1, -0.05) is 23.7 Å². The Morgan fingerprint density at radius 3 is 2.55 bits per heavy atom. The van der Waals surface area contributed by atoms with E-state index in [0.717, 1.165) is 12.1 Å². The molecule has 7 heteroatoms. The van der Waals surface area contributed by atoms with Crippen molar-refractivity contribution >= 4 is 17.5 Å². The molecule has 0 unspecified atom stereocenters. The minimum Gasteiger partial charge on any atom is -0.365 e. The van der Waals surface area contributed by atoms with Crippen LogP contribution in [0.25, 0.3) is 11.1 Å². The molecule has 0 saturated carbocycles. The Morgan fingerprint density at radius 2 is 1.95 bits per heavy atom. The first-order chi connectivity index (χ1) is 9.30. The number of benzene rings is 1. The number of aromatic nitrogens is 1. The van der Waals surface area contributed by atoms with Gasteiger partial charge in [0.1, 0.15) is 5.15 Å². The number of nitrogens with two attached hydrogens (primary N) is 1. The van der Waals surface area contributed by atoms with Crippen LogP contribution >= 0.6 is 11.6 Å². The van der Waals surface area contributed by atoms with Gasteiger partial charge < -0.3 is 5.73 Å². The second-order valence-corrected chi connectivity index (χ2v) is 4.33. The zero-order valence-corrected chi connectivity index (χ0v) is 10.7. The van der Waals surface area contributed by atoms with Crippen molar-refractivity contribution in [1.82, 2.24) is 4.98 Å². The van der Waals surface area contributed by atoms with E-state index in [0.29, 0.717) is 0 Å². The van der Waals surface area contributed by atoms with Gasteiger partial charge >= 0.3 is 6.18 Å². The number of primary amides is 1. The van der Waals surface area contributed by atoms with Gasteiger partial charge in [-0.25, -0.2) is 4.98 Å². The van der Waals surface area contributed by atoms with Crippen LogP contribution in [0.4, 0.5) is 13.2 Å². The standard InChI is InChI=1S/C13H8ClF3N2O/c14-11-10(12(18)20)9(4-5-19-11)7-2-1-3-8(6-7)13(15,16)17/h1-6H,(H2,18,20). The third-order valence-electron chi connectivity index (χ3n) is 2.65. The Hall–Kier alpha value is -2.08. The molecule has 0 aliphatic heterocycles. The first kappa shape index (κ1) is 14.3. The van der Waals surface area contributed by atoms with Gasteiger partial charge in [-0.2, -0.15) is 13.2 Å². The number of alkyl halides is 3. The van der Waals surface area contributed by atoms with Crippen molar-refractivity contribution in [3.8, 4) is 11.1 Å². The molecule has 0 aliphatic rings. The van der Waals surface area contributed by atoms with E-state index in [4.69, 9.17) is 17.3 Å². The van der Waals surface area contributed by atoms with Gasteiger partial charge in [-0.15, -0.1) is 0 Å². The second-order valence-electron chi connectivity index (χ2n) is 3.97. The van der Waals surface area contributed by atoms with Crippen LogP contribution in [0, 0.1) is 0 Å². The summed E-state index contributed by atoms with van der Waals surface area (Å²) in [5.41, 5.74) is 4.67. The highest BCUT2D eigenvalue weighted by Gasteiger charge is 2.30. The lowest BCUT2D eigenvalue weighted by Crippen LogP contribution is -2.14. The number of rotatable bonds is 2. The van der Waals surface area contributed by atoms with Gasteiger partial charge in [0.2, 0.25) is 0 Å². The average molecular weight is 301 g/mol. The zero-order chi connectivity index (χ0) is 14.9. The van der Waals surface area contributed by atoms with Crippen molar-refractivity contribution in [3.05, 3.63) is 52.8 Å². The normalized spacial score (nSPS) is 11.4. The molecule has 0 atom stereocenters. The summed E-state index contributed by atoms with van der Waals surface area (Å²) in [6.07, 6.45) is -3.18. The van der Waals surface area contributed by atoms with Crippen molar-refractivity contribution in [3.63, 3.8) is 0 Å². The SMILES string of the molecule is NC(=O)c1c(-c2cccc(C(F)(F)F)c2)ccnc1Cl. The summed E-state index contributed by atoms with van der Waals surface area (Å²) >= 11 is 5.77. The Labute approximate surface area is 117 Å². The second kappa shape index (κ2) is 5.13. The van der Waals surface area contributed by atoms with E-state index in [1.165, 1.54) is 24.4 Å². The van der Waals surface area contributed by atoms with Crippen LogP contribution < -0.4 is 5.73 Å². The van der Waals surface area contributed by atoms with E-state index in [2.05, 4.69) is 4.98 Å². The van der Waals surface area contributed by atoms with E-state index in [1.807, 2.05) is 0 Å². The van der Waals surface area contributed by atoms with Crippen molar-refractivity contribution in [1.29, 1.82) is 0 Å². The van der Waals surface area contributed by atoms with E-state index in [-0.39, 0.29) is 21.8 Å². The minimum absolute atomic E-state index is 0.103. The Balaban J connectivity index is 2.64. The highest BCUT2D eigenvalue weighted by atomic mass is 35.5. The monoisotopic (exact) mass is 300 g/mol. The largest absolute Gasteiger partial charge is 0.416 e. The summed E-state index contributed by atoms with van der Waals surface area (Å²) in [6, 6.07) is 5.94. The molecule has 1 amide bonds. The maximum absolute atomic E-state index is 12.7. The van der Waals surface area contributed by atoms with Gasteiger partial charge in [-0.05, 0) is 29.3 Å². The van der Waals surface area contributed by atoms with Crippen LogP contribution in [0.2, 0.25) is 5.15 Å². The molecule has 2 rings (SSSR count). The minimum atomic E-state index is -4.47. The molecule has 0 radical (unpaired) electrons. The molecule has 2 N–H and O–H groups in total. The maximum atomic E-state index is 12.7. The third-order valence-corrected chi connectivity index (χ3v) is 2.94. The summed E-state index contributed by atoms with van der Waals surface area (Å²) in [7, 11) is 0. The predicted molar refractivity (Wildman–Crippen MR) is 68.2 cm³/mol. The van der Waals surface area contributed by atoms with Crippen LogP contribution in [-0.2, 0) is 6.18 Å². The fourth-order valence-corrected chi connectivity index (χ4v) is 2.03. The Bertz CT molecular complexity index is 671. The molecular formula is C13H8ClF3N2O. The smallest absolute Gasteiger partial charge is 0.365 e. The van der Waals surface area contributed by atoms with E-state index >= 15 is 0 Å². The molecule has 1 aromatic carbocycles. The lowest BCUT2D eigenvalue weighted by molar-refractivity contribution is -0.137. The molecule has 20 heavy (non-hydrogen) atoms. The predicted octanol–water partition coefficient (Wildman–Crippen LogP) is 3.52. The molecule has 0 aliphatic carbocycles. The summed E-state index contributed by atoms with van der Waals surface area (Å²) in [4.78, 5) is 15.1. The molecule has 0 saturated heterocycles. The highest BCUT2D eigenvalue weighted by Crippen LogP contribution is 2.34. The molecule has 104 valence electrons. The van der Waals surface area contributed by atoms with Crippen LogP contribution in [0.1, 0.15) is 15.9 Å². The van der Waals surface area contributed by atoms with Crippen molar-refractivity contribution in [2.24, 2.45) is 5.73 Å². The van der Waals surface area contributed by atoms with Gasteiger partial charge in [0, 0.05) is 6.20 Å². The molecule has 0 spiro atoms. The van der Waals surface area contributed by atoms with Gasteiger partial charge in [0.25, 0.3) is 5.91 Å². The summed E-state index contributed by atoms with van der Waals surface area (Å²) in [5, 5.41) is -0.146. The van der Waals surface area contributed by atoms with Crippen molar-refractivity contribution < 1.29 is 18.0 Å². The Morgan fingerprint density at radius 1 is 1.25 bits per heavy atom. The fourth-order valence-electron chi connectivity index (χ4n) is 1.77. The van der Waals surface area contributed by atoms with E-state index in [1.54, 1.807) is 0 Å². The van der Waals surface area contributed by atoms with Crippen molar-refractivity contribution in [2.75, 3.05) is 0 Å². The maximum Gasteiger partial charge on any atom is 0.416 e. The van der Waals surface area contributed by atoms with E-state index < -0.39 is 17.6 Å². The number of hydrogen-bond acceptors (Lipinski definition) is 2. The summed E-state index contributed by atoms with van der Waals surface area (Å²) in [5.74, 6) is -0.851. The molecular weight excluding hydrogens is 293 g/mol. The first-order valence-corrected chi connectivity index (χ1v) is 5.80.